The second-order valence-corrected chi connectivity index (χ2v) is 9.71. The molecule has 1 saturated heterocycles. The summed E-state index contributed by atoms with van der Waals surface area (Å²) in [4.78, 5) is -3.48. The Bertz CT molecular complexity index is 1040. The van der Waals surface area contributed by atoms with Crippen molar-refractivity contribution < 1.29 is 32.8 Å². The van der Waals surface area contributed by atoms with Crippen molar-refractivity contribution >= 4 is 15.9 Å². The third-order valence-corrected chi connectivity index (χ3v) is 6.40. The molecule has 1 aliphatic heterocycles. The van der Waals surface area contributed by atoms with Crippen LogP contribution in [0.4, 0.5) is 8.78 Å². The summed E-state index contributed by atoms with van der Waals surface area (Å²) in [5.74, 6) is 0. The molecule has 3 aromatic rings. The summed E-state index contributed by atoms with van der Waals surface area (Å²) in [7, 11) is 0. The molecule has 0 radical (unpaired) electrons. The summed E-state index contributed by atoms with van der Waals surface area (Å²) < 4.78 is 52.6. The second kappa shape index (κ2) is 12.9. The minimum Gasteiger partial charge on any atom is -0.387 e. The number of halogens is 3. The average molecular weight is 563 g/mol. The lowest BCUT2D eigenvalue weighted by molar-refractivity contribution is -0.284. The standard InChI is InChI=1S/C28H29BrF2O5/c29-28(30,31)27-24(32)26(35-18-22-14-8-3-9-15-22)25(34-17-21-12-6-2-7-13-21)23(36-27)19-33-16-20-10-4-1-5-11-20/h1-15,23-27,32H,16-19H2/t23-,24-,25+,26-,27+/m1/s1. The summed E-state index contributed by atoms with van der Waals surface area (Å²) in [6.07, 6.45) is -6.34. The second-order valence-electron chi connectivity index (χ2n) is 8.65. The third kappa shape index (κ3) is 7.41. The van der Waals surface area contributed by atoms with E-state index in [2.05, 4.69) is 15.9 Å². The maximum Gasteiger partial charge on any atom is 0.329 e. The molecule has 0 aliphatic carbocycles. The van der Waals surface area contributed by atoms with Crippen molar-refractivity contribution in [2.75, 3.05) is 6.61 Å². The maximum absolute atomic E-state index is 14.4. The molecule has 1 N–H and O–H groups in total. The van der Waals surface area contributed by atoms with Gasteiger partial charge in [0.15, 0.2) is 6.10 Å². The van der Waals surface area contributed by atoms with Crippen LogP contribution in [0.1, 0.15) is 16.7 Å². The van der Waals surface area contributed by atoms with Crippen LogP contribution in [0.5, 0.6) is 0 Å². The first-order chi connectivity index (χ1) is 17.4. The van der Waals surface area contributed by atoms with Crippen LogP contribution in [-0.4, -0.2) is 47.1 Å². The topological polar surface area (TPSA) is 57.2 Å². The summed E-state index contributed by atoms with van der Waals surface area (Å²) in [6, 6.07) is 28.3. The van der Waals surface area contributed by atoms with Gasteiger partial charge in [0.25, 0.3) is 0 Å². The fourth-order valence-electron chi connectivity index (χ4n) is 4.13. The molecule has 5 atom stereocenters. The van der Waals surface area contributed by atoms with E-state index in [0.717, 1.165) is 16.7 Å². The molecule has 36 heavy (non-hydrogen) atoms. The minimum absolute atomic E-state index is 0.0220. The van der Waals surface area contributed by atoms with Gasteiger partial charge in [-0.1, -0.05) is 91.0 Å². The Hall–Kier alpha value is -2.20. The fraction of sp³-hybridized carbons (Fsp3) is 0.357. The van der Waals surface area contributed by atoms with Gasteiger partial charge < -0.3 is 24.1 Å². The van der Waals surface area contributed by atoms with Crippen molar-refractivity contribution in [2.24, 2.45) is 0 Å². The van der Waals surface area contributed by atoms with Crippen LogP contribution in [0.25, 0.3) is 0 Å². The smallest absolute Gasteiger partial charge is 0.329 e. The van der Waals surface area contributed by atoms with Crippen LogP contribution >= 0.6 is 15.9 Å². The Morgan fingerprint density at radius 1 is 0.722 bits per heavy atom. The van der Waals surface area contributed by atoms with Crippen molar-refractivity contribution in [3.05, 3.63) is 108 Å². The number of hydrogen-bond acceptors (Lipinski definition) is 5. The van der Waals surface area contributed by atoms with E-state index in [9.17, 15) is 13.9 Å². The van der Waals surface area contributed by atoms with Gasteiger partial charge in [0.05, 0.1) is 26.4 Å². The highest BCUT2D eigenvalue weighted by Crippen LogP contribution is 2.38. The third-order valence-electron chi connectivity index (χ3n) is 5.95. The number of alkyl halides is 3. The lowest BCUT2D eigenvalue weighted by atomic mass is 9.94. The van der Waals surface area contributed by atoms with E-state index in [1.54, 1.807) is 0 Å². The summed E-state index contributed by atoms with van der Waals surface area (Å²) in [5, 5.41) is 11.0. The molecule has 1 aliphatic rings. The van der Waals surface area contributed by atoms with Gasteiger partial charge in [-0.15, -0.1) is 0 Å². The van der Waals surface area contributed by atoms with E-state index < -0.39 is 35.4 Å². The molecule has 192 valence electrons. The first-order valence-electron chi connectivity index (χ1n) is 11.7. The molecule has 0 bridgehead atoms. The highest BCUT2D eigenvalue weighted by atomic mass is 79.9. The Kier molecular flexibility index (Phi) is 9.59. The van der Waals surface area contributed by atoms with Gasteiger partial charge in [-0.2, -0.15) is 8.78 Å². The Morgan fingerprint density at radius 3 is 1.64 bits per heavy atom. The summed E-state index contributed by atoms with van der Waals surface area (Å²) >= 11 is 2.38. The van der Waals surface area contributed by atoms with E-state index in [4.69, 9.17) is 18.9 Å². The molecule has 0 aromatic heterocycles. The normalized spacial score (nSPS) is 24.5. The fourth-order valence-corrected chi connectivity index (χ4v) is 4.50. The number of aliphatic hydroxyl groups is 1. The lowest BCUT2D eigenvalue weighted by Crippen LogP contribution is -2.63. The molecular weight excluding hydrogens is 534 g/mol. The molecule has 0 amide bonds. The molecule has 8 heteroatoms. The molecule has 1 heterocycles. The van der Waals surface area contributed by atoms with Crippen LogP contribution in [0, 0.1) is 0 Å². The van der Waals surface area contributed by atoms with Crippen LogP contribution in [0.15, 0.2) is 91.0 Å². The van der Waals surface area contributed by atoms with E-state index in [-0.39, 0.29) is 26.4 Å². The number of rotatable bonds is 11. The SMILES string of the molecule is O[C@@H]1[C@@H](OCc2ccccc2)[C@@H](OCc2ccccc2)[C@@H](COCc2ccccc2)O[C@@H]1C(F)(F)Br. The lowest BCUT2D eigenvalue weighted by Gasteiger charge is -2.45. The van der Waals surface area contributed by atoms with Crippen molar-refractivity contribution in [3.63, 3.8) is 0 Å². The predicted octanol–water partition coefficient (Wildman–Crippen LogP) is 5.49. The predicted molar refractivity (Wildman–Crippen MR) is 135 cm³/mol. The molecule has 1 fully saturated rings. The zero-order valence-electron chi connectivity index (χ0n) is 19.6. The largest absolute Gasteiger partial charge is 0.387 e. The van der Waals surface area contributed by atoms with Crippen molar-refractivity contribution in [1.29, 1.82) is 0 Å². The monoisotopic (exact) mass is 562 g/mol. The molecule has 3 aromatic carbocycles. The molecule has 4 rings (SSSR count). The summed E-state index contributed by atoms with van der Waals surface area (Å²) in [6.45, 7) is 0.564. The average Bonchev–Trinajstić information content (AvgIpc) is 2.89. The highest BCUT2D eigenvalue weighted by Gasteiger charge is 2.55. The maximum atomic E-state index is 14.4. The molecule has 5 nitrogen and oxygen atoms in total. The first-order valence-corrected chi connectivity index (χ1v) is 12.5. The minimum atomic E-state index is -3.48. The molecular formula is C28H29BrF2O5. The number of aliphatic hydroxyl groups excluding tert-OH is 1. The van der Waals surface area contributed by atoms with Crippen LogP contribution in [0.3, 0.4) is 0 Å². The van der Waals surface area contributed by atoms with Crippen molar-refractivity contribution in [1.82, 2.24) is 0 Å². The summed E-state index contributed by atoms with van der Waals surface area (Å²) in [5.41, 5.74) is 2.68. The molecule has 0 saturated carbocycles. The van der Waals surface area contributed by atoms with E-state index in [0.29, 0.717) is 0 Å². The van der Waals surface area contributed by atoms with Gasteiger partial charge in [0, 0.05) is 0 Å². The Morgan fingerprint density at radius 2 is 1.17 bits per heavy atom. The van der Waals surface area contributed by atoms with E-state index in [1.807, 2.05) is 91.0 Å². The van der Waals surface area contributed by atoms with Crippen LogP contribution in [-0.2, 0) is 38.8 Å². The van der Waals surface area contributed by atoms with E-state index in [1.165, 1.54) is 0 Å². The van der Waals surface area contributed by atoms with Crippen molar-refractivity contribution in [2.45, 2.75) is 55.2 Å². The molecule has 0 spiro atoms. The van der Waals surface area contributed by atoms with Crippen LogP contribution < -0.4 is 0 Å². The zero-order valence-corrected chi connectivity index (χ0v) is 21.2. The van der Waals surface area contributed by atoms with Crippen molar-refractivity contribution in [3.8, 4) is 0 Å². The zero-order chi connectivity index (χ0) is 25.4. The van der Waals surface area contributed by atoms with Crippen LogP contribution in [0.2, 0.25) is 0 Å². The van der Waals surface area contributed by atoms with E-state index >= 15 is 0 Å². The first kappa shape index (κ1) is 26.9. The Balaban J connectivity index is 1.54. The van der Waals surface area contributed by atoms with Gasteiger partial charge in [0.2, 0.25) is 0 Å². The van der Waals surface area contributed by atoms with Gasteiger partial charge in [-0.3, -0.25) is 0 Å². The van der Waals surface area contributed by atoms with Gasteiger partial charge in [-0.05, 0) is 32.6 Å². The number of hydrogen-bond donors (Lipinski definition) is 1. The number of ether oxygens (including phenoxy) is 4. The van der Waals surface area contributed by atoms with Gasteiger partial charge >= 0.3 is 4.83 Å². The quantitative estimate of drug-likeness (QED) is 0.313. The number of benzene rings is 3. The van der Waals surface area contributed by atoms with Gasteiger partial charge in [0.1, 0.15) is 24.4 Å². The Labute approximate surface area is 218 Å². The molecule has 0 unspecified atom stereocenters. The van der Waals surface area contributed by atoms with Gasteiger partial charge in [-0.25, -0.2) is 0 Å². The highest BCUT2D eigenvalue weighted by molar-refractivity contribution is 9.10.